The summed E-state index contributed by atoms with van der Waals surface area (Å²) in [4.78, 5) is 27.7. The van der Waals surface area contributed by atoms with E-state index in [1.54, 1.807) is 39.2 Å². The summed E-state index contributed by atoms with van der Waals surface area (Å²) >= 11 is 0. The third kappa shape index (κ3) is 4.94. The minimum absolute atomic E-state index is 0.0376. The topological polar surface area (TPSA) is 92.2 Å². The van der Waals surface area contributed by atoms with E-state index in [0.29, 0.717) is 46.4 Å². The van der Waals surface area contributed by atoms with Crippen LogP contribution in [-0.4, -0.2) is 30.3 Å². The fourth-order valence-corrected chi connectivity index (χ4v) is 3.11. The average molecular weight is 394 g/mol. The van der Waals surface area contributed by atoms with Gasteiger partial charge in [0.05, 0.1) is 19.4 Å². The van der Waals surface area contributed by atoms with Crippen molar-refractivity contribution in [3.63, 3.8) is 0 Å². The summed E-state index contributed by atoms with van der Waals surface area (Å²) in [5, 5.41) is 9.57. The molecule has 0 aliphatic carbocycles. The van der Waals surface area contributed by atoms with Crippen LogP contribution in [0, 0.1) is 31.1 Å². The smallest absolute Gasteiger partial charge is 0.219 e. The number of ether oxygens (including phenoxy) is 2. The van der Waals surface area contributed by atoms with Gasteiger partial charge in [-0.25, -0.2) is 0 Å². The van der Waals surface area contributed by atoms with Crippen LogP contribution in [0.5, 0.6) is 11.5 Å². The van der Waals surface area contributed by atoms with Gasteiger partial charge in [-0.1, -0.05) is 19.9 Å². The number of nitrogens with zero attached hydrogens (tertiary/aromatic N) is 1. The Kier molecular flexibility index (Phi) is 7.00. The van der Waals surface area contributed by atoms with Crippen molar-refractivity contribution in [1.29, 1.82) is 5.26 Å². The number of benzene rings is 1. The van der Waals surface area contributed by atoms with Crippen molar-refractivity contribution >= 4 is 17.6 Å². The Balaban J connectivity index is 2.43. The maximum Gasteiger partial charge on any atom is 0.219 e. The summed E-state index contributed by atoms with van der Waals surface area (Å²) in [6.45, 7) is 9.49. The first kappa shape index (κ1) is 22.0. The summed E-state index contributed by atoms with van der Waals surface area (Å²) in [6, 6.07) is 7.19. The van der Waals surface area contributed by atoms with E-state index in [-0.39, 0.29) is 17.1 Å². The molecule has 0 saturated carbocycles. The molecule has 0 unspecified atom stereocenters. The van der Waals surface area contributed by atoms with Crippen LogP contribution in [0.4, 0.5) is 0 Å². The van der Waals surface area contributed by atoms with Crippen molar-refractivity contribution in [2.75, 3.05) is 13.7 Å². The minimum Gasteiger partial charge on any atom is -0.493 e. The second-order valence-corrected chi connectivity index (χ2v) is 7.30. The quantitative estimate of drug-likeness (QED) is 0.399. The number of allylic oxidation sites excluding steroid dienone is 1. The Labute approximate surface area is 171 Å². The van der Waals surface area contributed by atoms with Gasteiger partial charge in [-0.15, -0.1) is 0 Å². The van der Waals surface area contributed by atoms with Gasteiger partial charge in [-0.2, -0.15) is 5.26 Å². The molecule has 1 aromatic carbocycles. The van der Waals surface area contributed by atoms with E-state index in [1.165, 1.54) is 13.0 Å². The van der Waals surface area contributed by atoms with Gasteiger partial charge in [0, 0.05) is 11.3 Å². The molecule has 1 aromatic heterocycles. The number of aromatic nitrogens is 1. The number of carbonyl (C=O) groups excluding carboxylic acids is 2. The van der Waals surface area contributed by atoms with Crippen LogP contribution in [0.3, 0.4) is 0 Å². The molecule has 0 radical (unpaired) electrons. The summed E-state index contributed by atoms with van der Waals surface area (Å²) < 4.78 is 11.1. The number of H-pyrrole nitrogens is 1. The van der Waals surface area contributed by atoms with Crippen LogP contribution in [0.25, 0.3) is 6.08 Å². The lowest BCUT2D eigenvalue weighted by Gasteiger charge is -2.13. The molecular weight excluding hydrogens is 368 g/mol. The van der Waals surface area contributed by atoms with E-state index >= 15 is 0 Å². The molecule has 29 heavy (non-hydrogen) atoms. The monoisotopic (exact) mass is 394 g/mol. The number of rotatable bonds is 8. The summed E-state index contributed by atoms with van der Waals surface area (Å²) in [7, 11) is 1.56. The Hall–Kier alpha value is -3.33. The normalized spacial score (nSPS) is 11.3. The predicted octanol–water partition coefficient (Wildman–Crippen LogP) is 4.67. The predicted molar refractivity (Wildman–Crippen MR) is 112 cm³/mol. The van der Waals surface area contributed by atoms with Crippen molar-refractivity contribution in [1.82, 2.24) is 4.98 Å². The lowest BCUT2D eigenvalue weighted by Crippen LogP contribution is -2.06. The fourth-order valence-electron chi connectivity index (χ4n) is 3.11. The zero-order valence-corrected chi connectivity index (χ0v) is 17.7. The third-order valence-corrected chi connectivity index (χ3v) is 4.45. The first-order valence-electron chi connectivity index (χ1n) is 9.37. The molecule has 6 heteroatoms. The highest BCUT2D eigenvalue weighted by molar-refractivity contribution is 6.15. The van der Waals surface area contributed by atoms with Crippen molar-refractivity contribution in [2.24, 2.45) is 5.92 Å². The first-order chi connectivity index (χ1) is 13.7. The molecule has 0 bridgehead atoms. The van der Waals surface area contributed by atoms with Gasteiger partial charge in [0.1, 0.15) is 11.6 Å². The van der Waals surface area contributed by atoms with Gasteiger partial charge in [-0.05, 0) is 56.0 Å². The number of Topliss-reactive ketones (excluding diaryl/α,β-unsaturated/α-hetero) is 2. The standard InChI is InChI=1S/C23H26N2O4/c1-13(2)12-29-20-10-17(7-8-19(20)28-6)9-18(11-24)23(27)22-14(3)21(16(5)26)15(4)25-22/h7-10,13,25H,12H2,1-6H3/b18-9+. The summed E-state index contributed by atoms with van der Waals surface area (Å²) in [5.41, 5.74) is 2.51. The molecule has 2 aromatic rings. The van der Waals surface area contributed by atoms with E-state index in [4.69, 9.17) is 9.47 Å². The van der Waals surface area contributed by atoms with Gasteiger partial charge in [0.2, 0.25) is 5.78 Å². The molecule has 0 spiro atoms. The molecule has 1 N–H and O–H groups in total. The molecule has 0 saturated heterocycles. The molecule has 6 nitrogen and oxygen atoms in total. The van der Waals surface area contributed by atoms with E-state index in [2.05, 4.69) is 4.98 Å². The van der Waals surface area contributed by atoms with Gasteiger partial charge >= 0.3 is 0 Å². The number of nitrogens with one attached hydrogen (secondary N) is 1. The van der Waals surface area contributed by atoms with Crippen molar-refractivity contribution in [3.05, 3.63) is 51.9 Å². The van der Waals surface area contributed by atoms with Gasteiger partial charge in [-0.3, -0.25) is 9.59 Å². The number of aryl methyl sites for hydroxylation is 1. The van der Waals surface area contributed by atoms with Crippen molar-refractivity contribution in [2.45, 2.75) is 34.6 Å². The molecular formula is C23H26N2O4. The van der Waals surface area contributed by atoms with Crippen LogP contribution in [-0.2, 0) is 0 Å². The second kappa shape index (κ2) is 9.24. The van der Waals surface area contributed by atoms with Crippen LogP contribution < -0.4 is 9.47 Å². The fraction of sp³-hybridized carbons (Fsp3) is 0.348. The second-order valence-electron chi connectivity index (χ2n) is 7.30. The number of hydrogen-bond donors (Lipinski definition) is 1. The number of methoxy groups -OCH3 is 1. The first-order valence-corrected chi connectivity index (χ1v) is 9.37. The zero-order valence-electron chi connectivity index (χ0n) is 17.7. The molecule has 0 aliphatic heterocycles. The Morgan fingerprint density at radius 3 is 2.45 bits per heavy atom. The van der Waals surface area contributed by atoms with Gasteiger partial charge < -0.3 is 14.5 Å². The molecule has 0 aliphatic rings. The number of aromatic amines is 1. The zero-order chi connectivity index (χ0) is 21.7. The number of hydrogen-bond acceptors (Lipinski definition) is 5. The van der Waals surface area contributed by atoms with E-state index in [9.17, 15) is 14.9 Å². The average Bonchev–Trinajstić information content (AvgIpc) is 2.98. The summed E-state index contributed by atoms with van der Waals surface area (Å²) in [6.07, 6.45) is 1.51. The highest BCUT2D eigenvalue weighted by Crippen LogP contribution is 2.30. The summed E-state index contributed by atoms with van der Waals surface area (Å²) in [5.74, 6) is 0.880. The third-order valence-electron chi connectivity index (χ3n) is 4.45. The van der Waals surface area contributed by atoms with Crippen molar-refractivity contribution in [3.8, 4) is 17.6 Å². The maximum absolute atomic E-state index is 12.9. The van der Waals surface area contributed by atoms with E-state index < -0.39 is 5.78 Å². The van der Waals surface area contributed by atoms with E-state index in [0.717, 1.165) is 0 Å². The molecule has 1 heterocycles. The highest BCUT2D eigenvalue weighted by atomic mass is 16.5. The SMILES string of the molecule is COc1ccc(/C=C(\C#N)C(=O)c2[nH]c(C)c(C(C)=O)c2C)cc1OCC(C)C. The maximum atomic E-state index is 12.9. The van der Waals surface area contributed by atoms with Crippen LogP contribution in [0.2, 0.25) is 0 Å². The number of ketones is 2. The minimum atomic E-state index is -0.457. The lowest BCUT2D eigenvalue weighted by atomic mass is 10.0. The van der Waals surface area contributed by atoms with Crippen LogP contribution in [0.15, 0.2) is 23.8 Å². The van der Waals surface area contributed by atoms with Gasteiger partial charge in [0.25, 0.3) is 0 Å². The Morgan fingerprint density at radius 1 is 1.24 bits per heavy atom. The lowest BCUT2D eigenvalue weighted by molar-refractivity contribution is 0.101. The Morgan fingerprint density at radius 2 is 1.93 bits per heavy atom. The molecule has 0 fully saturated rings. The number of nitriles is 1. The Bertz CT molecular complexity index is 1010. The van der Waals surface area contributed by atoms with Crippen molar-refractivity contribution < 1.29 is 19.1 Å². The van der Waals surface area contributed by atoms with E-state index in [1.807, 2.05) is 19.9 Å². The van der Waals surface area contributed by atoms with Crippen LogP contribution in [0.1, 0.15) is 58.4 Å². The van der Waals surface area contributed by atoms with Gasteiger partial charge in [0.15, 0.2) is 17.3 Å². The molecule has 0 atom stereocenters. The highest BCUT2D eigenvalue weighted by Gasteiger charge is 2.22. The number of carbonyl (C=O) groups is 2. The molecule has 2 rings (SSSR count). The molecule has 0 amide bonds. The van der Waals surface area contributed by atoms with Crippen LogP contribution >= 0.6 is 0 Å². The molecule has 152 valence electrons. The largest absolute Gasteiger partial charge is 0.493 e.